The van der Waals surface area contributed by atoms with Gasteiger partial charge in [-0.1, -0.05) is 38.1 Å². The first-order valence-electron chi connectivity index (χ1n) is 12.1. The van der Waals surface area contributed by atoms with E-state index < -0.39 is 0 Å². The molecule has 1 unspecified atom stereocenters. The fourth-order valence-corrected chi connectivity index (χ4v) is 4.81. The van der Waals surface area contributed by atoms with Gasteiger partial charge < -0.3 is 23.7 Å². The maximum Gasteiger partial charge on any atom is 0.312 e. The van der Waals surface area contributed by atoms with E-state index in [2.05, 4.69) is 26.0 Å². The van der Waals surface area contributed by atoms with Gasteiger partial charge in [-0.3, -0.25) is 9.59 Å². The molecule has 2 aliphatic rings. The number of ether oxygens (including phenoxy) is 5. The van der Waals surface area contributed by atoms with Crippen molar-refractivity contribution in [3.05, 3.63) is 82.1 Å². The van der Waals surface area contributed by atoms with Gasteiger partial charge in [0, 0.05) is 23.1 Å². The molecule has 37 heavy (non-hydrogen) atoms. The second-order valence-electron chi connectivity index (χ2n) is 9.30. The number of methoxy groups -OCH3 is 3. The number of hydrogen-bond acceptors (Lipinski definition) is 7. The van der Waals surface area contributed by atoms with E-state index in [1.807, 2.05) is 12.1 Å². The summed E-state index contributed by atoms with van der Waals surface area (Å²) in [5, 5.41) is 0. The third-order valence-electron chi connectivity index (χ3n) is 6.81. The molecule has 0 spiro atoms. The first kappa shape index (κ1) is 24.4. The Balaban J connectivity index is 1.58. The first-order valence-corrected chi connectivity index (χ1v) is 12.1. The van der Waals surface area contributed by atoms with Gasteiger partial charge in [-0.15, -0.1) is 0 Å². The molecule has 190 valence electrons. The molecule has 7 nitrogen and oxygen atoms in total. The molecule has 0 fully saturated rings. The largest absolute Gasteiger partial charge is 0.496 e. The van der Waals surface area contributed by atoms with Crippen LogP contribution in [0.2, 0.25) is 0 Å². The summed E-state index contributed by atoms with van der Waals surface area (Å²) in [6, 6.07) is 14.9. The van der Waals surface area contributed by atoms with Gasteiger partial charge in [0.1, 0.15) is 17.2 Å². The predicted molar refractivity (Wildman–Crippen MR) is 138 cm³/mol. The van der Waals surface area contributed by atoms with Crippen LogP contribution in [-0.2, 0) is 4.79 Å². The van der Waals surface area contributed by atoms with E-state index in [-0.39, 0.29) is 29.9 Å². The van der Waals surface area contributed by atoms with E-state index in [0.29, 0.717) is 51.4 Å². The summed E-state index contributed by atoms with van der Waals surface area (Å²) in [6.07, 6.45) is 1.78. The van der Waals surface area contributed by atoms with Gasteiger partial charge in [-0.2, -0.15) is 0 Å². The number of fused-ring (bicyclic) bond motifs is 3. The van der Waals surface area contributed by atoms with Crippen molar-refractivity contribution in [1.82, 2.24) is 0 Å². The third-order valence-corrected chi connectivity index (χ3v) is 6.81. The zero-order valence-electron chi connectivity index (χ0n) is 21.4. The van der Waals surface area contributed by atoms with Crippen LogP contribution in [0.3, 0.4) is 0 Å². The molecule has 0 N–H and O–H groups in total. The number of esters is 1. The third kappa shape index (κ3) is 4.31. The highest BCUT2D eigenvalue weighted by Crippen LogP contribution is 2.49. The molecule has 3 aromatic carbocycles. The van der Waals surface area contributed by atoms with Crippen molar-refractivity contribution in [3.8, 4) is 28.7 Å². The number of ketones is 1. The first-order chi connectivity index (χ1) is 17.8. The Morgan fingerprint density at radius 1 is 0.865 bits per heavy atom. The van der Waals surface area contributed by atoms with Crippen LogP contribution >= 0.6 is 0 Å². The molecule has 5 rings (SSSR count). The molecular weight excluding hydrogens is 472 g/mol. The summed E-state index contributed by atoms with van der Waals surface area (Å²) in [7, 11) is 4.61. The van der Waals surface area contributed by atoms with Crippen molar-refractivity contribution < 1.29 is 33.3 Å². The van der Waals surface area contributed by atoms with E-state index in [1.54, 1.807) is 37.5 Å². The van der Waals surface area contributed by atoms with Gasteiger partial charge in [0.05, 0.1) is 33.3 Å². The zero-order valence-corrected chi connectivity index (χ0v) is 21.4. The SMILES string of the molecule is COc1cc(OC)c(OC)cc1/C=C1/Oc2c(ccc3c2C(c2ccc(C(C)C)cc2)CC(=O)O3)C1=O. The Hall–Kier alpha value is -4.26. The quantitative estimate of drug-likeness (QED) is 0.237. The fourth-order valence-electron chi connectivity index (χ4n) is 4.81. The van der Waals surface area contributed by atoms with Crippen LogP contribution in [0, 0.1) is 0 Å². The minimum atomic E-state index is -0.319. The molecule has 0 bridgehead atoms. The summed E-state index contributed by atoms with van der Waals surface area (Å²) in [5.41, 5.74) is 3.89. The molecular formula is C30H28O7. The maximum atomic E-state index is 13.4. The lowest BCUT2D eigenvalue weighted by atomic mass is 9.84. The number of rotatable bonds is 6. The summed E-state index contributed by atoms with van der Waals surface area (Å²) in [4.78, 5) is 25.9. The molecule has 0 saturated carbocycles. The van der Waals surface area contributed by atoms with Crippen molar-refractivity contribution >= 4 is 17.8 Å². The molecule has 0 aromatic heterocycles. The highest BCUT2D eigenvalue weighted by atomic mass is 16.5. The van der Waals surface area contributed by atoms with Crippen LogP contribution in [0.1, 0.15) is 64.7 Å². The van der Waals surface area contributed by atoms with Crippen molar-refractivity contribution in [1.29, 1.82) is 0 Å². The lowest BCUT2D eigenvalue weighted by molar-refractivity contribution is -0.135. The molecule has 3 aromatic rings. The maximum absolute atomic E-state index is 13.4. The molecule has 0 amide bonds. The average molecular weight is 501 g/mol. The van der Waals surface area contributed by atoms with Gasteiger partial charge >= 0.3 is 5.97 Å². The van der Waals surface area contributed by atoms with Crippen LogP contribution in [0.25, 0.3) is 6.08 Å². The molecule has 0 aliphatic carbocycles. The van der Waals surface area contributed by atoms with Crippen molar-refractivity contribution in [2.24, 2.45) is 0 Å². The molecule has 2 aliphatic heterocycles. The Bertz CT molecular complexity index is 1420. The normalized spacial score (nSPS) is 17.2. The van der Waals surface area contributed by atoms with Crippen molar-refractivity contribution in [2.75, 3.05) is 21.3 Å². The fraction of sp³-hybridized carbons (Fsp3) is 0.267. The Morgan fingerprint density at radius 2 is 1.54 bits per heavy atom. The number of benzene rings is 3. The molecule has 0 radical (unpaired) electrons. The Kier molecular flexibility index (Phi) is 6.38. The van der Waals surface area contributed by atoms with Gasteiger partial charge in [0.25, 0.3) is 0 Å². The number of carbonyl (C=O) groups excluding carboxylic acids is 2. The van der Waals surface area contributed by atoms with E-state index in [4.69, 9.17) is 23.7 Å². The standard InChI is InChI=1S/C30H28O7/c1-16(2)17-6-8-18(9-7-17)21-14-27(31)36-22-11-10-20-29(32)26(37-30(20)28(21)22)13-19-12-24(34-4)25(35-5)15-23(19)33-3/h6-13,15-16,21H,14H2,1-5H3/b26-13+. The van der Waals surface area contributed by atoms with E-state index >= 15 is 0 Å². The minimum absolute atomic E-state index is 0.139. The average Bonchev–Trinajstić information content (AvgIpc) is 3.22. The predicted octanol–water partition coefficient (Wildman–Crippen LogP) is 5.89. The zero-order chi connectivity index (χ0) is 26.3. The van der Waals surface area contributed by atoms with Crippen molar-refractivity contribution in [2.45, 2.75) is 32.1 Å². The highest BCUT2D eigenvalue weighted by molar-refractivity contribution is 6.15. The van der Waals surface area contributed by atoms with Crippen LogP contribution in [0.5, 0.6) is 28.7 Å². The summed E-state index contributed by atoms with van der Waals surface area (Å²) < 4.78 is 28.0. The van der Waals surface area contributed by atoms with Crippen LogP contribution in [0.4, 0.5) is 0 Å². The van der Waals surface area contributed by atoms with Crippen LogP contribution < -0.4 is 23.7 Å². The highest BCUT2D eigenvalue weighted by Gasteiger charge is 2.38. The second-order valence-corrected chi connectivity index (χ2v) is 9.30. The Morgan fingerprint density at radius 3 is 2.19 bits per heavy atom. The summed E-state index contributed by atoms with van der Waals surface area (Å²) in [6.45, 7) is 4.27. The second kappa shape index (κ2) is 9.65. The molecule has 7 heteroatoms. The monoisotopic (exact) mass is 500 g/mol. The smallest absolute Gasteiger partial charge is 0.312 e. The summed E-state index contributed by atoms with van der Waals surface area (Å²) in [5.74, 6) is 1.97. The Labute approximate surface area is 215 Å². The van der Waals surface area contributed by atoms with Crippen LogP contribution in [-0.4, -0.2) is 33.1 Å². The van der Waals surface area contributed by atoms with Gasteiger partial charge in [-0.05, 0) is 41.3 Å². The van der Waals surface area contributed by atoms with Gasteiger partial charge in [0.15, 0.2) is 17.3 Å². The molecule has 2 heterocycles. The van der Waals surface area contributed by atoms with E-state index in [9.17, 15) is 9.59 Å². The number of hydrogen-bond donors (Lipinski definition) is 0. The minimum Gasteiger partial charge on any atom is -0.496 e. The van der Waals surface area contributed by atoms with E-state index in [1.165, 1.54) is 19.8 Å². The lowest BCUT2D eigenvalue weighted by Gasteiger charge is -2.26. The topological polar surface area (TPSA) is 80.3 Å². The van der Waals surface area contributed by atoms with Crippen LogP contribution in [0.15, 0.2) is 54.3 Å². The van der Waals surface area contributed by atoms with E-state index in [0.717, 1.165) is 5.56 Å². The summed E-state index contributed by atoms with van der Waals surface area (Å²) >= 11 is 0. The number of carbonyl (C=O) groups is 2. The molecule has 1 atom stereocenters. The van der Waals surface area contributed by atoms with Gasteiger partial charge in [-0.25, -0.2) is 0 Å². The number of allylic oxidation sites excluding steroid dienone is 1. The van der Waals surface area contributed by atoms with Gasteiger partial charge in [0.2, 0.25) is 5.78 Å². The lowest BCUT2D eigenvalue weighted by Crippen LogP contribution is -2.21. The number of Topliss-reactive ketones (excluding diaryl/α,β-unsaturated/α-hetero) is 1. The van der Waals surface area contributed by atoms with Crippen molar-refractivity contribution in [3.63, 3.8) is 0 Å². The molecule has 0 saturated heterocycles.